The van der Waals surface area contributed by atoms with E-state index in [9.17, 15) is 0 Å². The van der Waals surface area contributed by atoms with Gasteiger partial charge in [0.15, 0.2) is 0 Å². The molecule has 0 spiro atoms. The quantitative estimate of drug-likeness (QED) is 0.439. The van der Waals surface area contributed by atoms with Crippen molar-refractivity contribution in [3.05, 3.63) is 0 Å². The number of aliphatic hydroxyl groups is 1. The molecule has 1 rings (SSSR count). The second kappa shape index (κ2) is 2.44. The second-order valence-electron chi connectivity index (χ2n) is 2.15. The Morgan fingerprint density at radius 2 is 2.38 bits per heavy atom. The third kappa shape index (κ3) is 0.992. The van der Waals surface area contributed by atoms with Crippen molar-refractivity contribution < 1.29 is 5.11 Å². The van der Waals surface area contributed by atoms with Gasteiger partial charge in [-0.3, -0.25) is 0 Å². The molecule has 0 aromatic heterocycles. The van der Waals surface area contributed by atoms with Crippen LogP contribution in [0.25, 0.3) is 0 Å². The third-order valence-corrected chi connectivity index (χ3v) is 1.53. The van der Waals surface area contributed by atoms with Crippen molar-refractivity contribution in [2.45, 2.75) is 6.10 Å². The molecule has 1 aliphatic rings. The summed E-state index contributed by atoms with van der Waals surface area (Å²) >= 11 is 0. The summed E-state index contributed by atoms with van der Waals surface area (Å²) in [6, 6.07) is 0. The Morgan fingerprint density at radius 3 is 2.62 bits per heavy atom. The fourth-order valence-electron chi connectivity index (χ4n) is 0.875. The predicted molar refractivity (Wildman–Crippen MR) is 30.4 cm³/mol. The van der Waals surface area contributed by atoms with Crippen molar-refractivity contribution in [1.82, 2.24) is 5.32 Å². The van der Waals surface area contributed by atoms with Crippen LogP contribution in [0.5, 0.6) is 0 Å². The number of aliphatic hydroxyl groups excluding tert-OH is 1. The third-order valence-electron chi connectivity index (χ3n) is 1.53. The number of rotatable bonds is 1. The predicted octanol–water partition coefficient (Wildman–Crippen LogP) is -1.46. The zero-order valence-electron chi connectivity index (χ0n) is 4.75. The zero-order valence-corrected chi connectivity index (χ0v) is 4.75. The Balaban J connectivity index is 2.30. The van der Waals surface area contributed by atoms with Crippen LogP contribution >= 0.6 is 0 Å². The fourth-order valence-corrected chi connectivity index (χ4v) is 0.875. The van der Waals surface area contributed by atoms with Gasteiger partial charge in [-0.2, -0.15) is 0 Å². The van der Waals surface area contributed by atoms with Gasteiger partial charge in [-0.25, -0.2) is 5.32 Å². The minimum absolute atomic E-state index is 0.231. The molecule has 2 unspecified atom stereocenters. The van der Waals surface area contributed by atoms with Gasteiger partial charge in [-0.1, -0.05) is 0 Å². The number of hydrogen-bond donors (Lipinski definition) is 2. The van der Waals surface area contributed by atoms with E-state index in [0.29, 0.717) is 13.1 Å². The van der Waals surface area contributed by atoms with Gasteiger partial charge in [0.25, 0.3) is 0 Å². The van der Waals surface area contributed by atoms with Gasteiger partial charge >= 0.3 is 0 Å². The Hall–Kier alpha value is -0.120. The molecule has 3 nitrogen and oxygen atoms in total. The molecule has 1 fully saturated rings. The van der Waals surface area contributed by atoms with Crippen LogP contribution in [0.3, 0.4) is 0 Å². The Morgan fingerprint density at radius 1 is 1.62 bits per heavy atom. The van der Waals surface area contributed by atoms with E-state index in [2.05, 4.69) is 5.32 Å². The first-order valence-electron chi connectivity index (χ1n) is 2.86. The molecule has 8 heavy (non-hydrogen) atoms. The van der Waals surface area contributed by atoms with E-state index in [1.54, 1.807) is 0 Å². The maximum atomic E-state index is 9.02. The van der Waals surface area contributed by atoms with Crippen LogP contribution in [-0.4, -0.2) is 30.8 Å². The Kier molecular flexibility index (Phi) is 1.83. The minimum atomic E-state index is -0.264. The average Bonchev–Trinajstić information content (AvgIpc) is 2.14. The first-order chi connectivity index (χ1) is 3.84. The van der Waals surface area contributed by atoms with Gasteiger partial charge in [0.05, 0.1) is 6.10 Å². The lowest BCUT2D eigenvalue weighted by atomic mass is 10.1. The summed E-state index contributed by atoms with van der Waals surface area (Å²) < 4.78 is 0. The van der Waals surface area contributed by atoms with Crippen LogP contribution in [0.2, 0.25) is 0 Å². The van der Waals surface area contributed by atoms with Crippen LogP contribution in [0.1, 0.15) is 0 Å². The maximum absolute atomic E-state index is 9.02. The molecular formula is C5H11N2O. The molecule has 0 amide bonds. The normalized spacial score (nSPS) is 38.2. The Labute approximate surface area is 48.9 Å². The highest BCUT2D eigenvalue weighted by Crippen LogP contribution is 2.06. The highest BCUT2D eigenvalue weighted by Gasteiger charge is 2.23. The summed E-state index contributed by atoms with van der Waals surface area (Å²) in [5, 5.41) is 13.0. The topological polar surface area (TPSA) is 60.4 Å². The number of nitrogens with two attached hydrogens (primary N) is 1. The van der Waals surface area contributed by atoms with Crippen LogP contribution in [-0.2, 0) is 0 Å². The largest absolute Gasteiger partial charge is 0.391 e. The smallest absolute Gasteiger partial charge is 0.0734 e. The van der Waals surface area contributed by atoms with Gasteiger partial charge in [0.2, 0.25) is 0 Å². The molecule has 2 atom stereocenters. The van der Waals surface area contributed by atoms with Gasteiger partial charge in [-0.15, -0.1) is 0 Å². The van der Waals surface area contributed by atoms with Crippen LogP contribution < -0.4 is 11.1 Å². The first kappa shape index (κ1) is 6.01. The molecular weight excluding hydrogens is 104 g/mol. The lowest BCUT2D eigenvalue weighted by molar-refractivity contribution is 0.151. The minimum Gasteiger partial charge on any atom is -0.391 e. The fraction of sp³-hybridized carbons (Fsp3) is 1.00. The van der Waals surface area contributed by atoms with Gasteiger partial charge in [0.1, 0.15) is 0 Å². The van der Waals surface area contributed by atoms with E-state index in [0.717, 1.165) is 6.54 Å². The summed E-state index contributed by atoms with van der Waals surface area (Å²) in [7, 11) is 0. The SMILES string of the molecule is NCC1C[N]CC1O. The zero-order chi connectivity index (χ0) is 5.98. The van der Waals surface area contributed by atoms with Crippen molar-refractivity contribution in [3.63, 3.8) is 0 Å². The van der Waals surface area contributed by atoms with Gasteiger partial charge < -0.3 is 10.8 Å². The first-order valence-corrected chi connectivity index (χ1v) is 2.86. The molecule has 1 aliphatic heterocycles. The van der Waals surface area contributed by atoms with Crippen molar-refractivity contribution >= 4 is 0 Å². The molecule has 0 aromatic carbocycles. The van der Waals surface area contributed by atoms with Crippen LogP contribution in [0.4, 0.5) is 0 Å². The molecule has 3 heteroatoms. The van der Waals surface area contributed by atoms with Crippen molar-refractivity contribution in [1.29, 1.82) is 0 Å². The van der Waals surface area contributed by atoms with Crippen LogP contribution in [0.15, 0.2) is 0 Å². The Bertz CT molecular complexity index is 76.8. The summed E-state index contributed by atoms with van der Waals surface area (Å²) in [5.74, 6) is 0.231. The van der Waals surface area contributed by atoms with Crippen molar-refractivity contribution in [2.75, 3.05) is 19.6 Å². The van der Waals surface area contributed by atoms with Crippen molar-refractivity contribution in [2.24, 2.45) is 11.7 Å². The summed E-state index contributed by atoms with van der Waals surface area (Å²) in [6.45, 7) is 1.89. The van der Waals surface area contributed by atoms with Crippen LogP contribution in [0, 0.1) is 5.92 Å². The molecule has 1 heterocycles. The molecule has 0 aromatic rings. The number of nitrogens with zero attached hydrogens (tertiary/aromatic N) is 1. The lowest BCUT2D eigenvalue weighted by Crippen LogP contribution is -2.25. The van der Waals surface area contributed by atoms with E-state index in [4.69, 9.17) is 10.8 Å². The standard InChI is InChI=1S/C5H11N2O/c6-1-4-2-7-3-5(4)8/h4-5,8H,1-3,6H2. The van der Waals surface area contributed by atoms with Crippen molar-refractivity contribution in [3.8, 4) is 0 Å². The summed E-state index contributed by atoms with van der Waals surface area (Å²) in [4.78, 5) is 0. The monoisotopic (exact) mass is 115 g/mol. The van der Waals surface area contributed by atoms with E-state index in [1.807, 2.05) is 0 Å². The number of hydrogen-bond acceptors (Lipinski definition) is 2. The summed E-state index contributed by atoms with van der Waals surface area (Å²) in [5.41, 5.74) is 5.30. The molecule has 1 radical (unpaired) electrons. The van der Waals surface area contributed by atoms with Gasteiger partial charge in [-0.05, 0) is 6.54 Å². The maximum Gasteiger partial charge on any atom is 0.0734 e. The van der Waals surface area contributed by atoms with E-state index in [-0.39, 0.29) is 12.0 Å². The highest BCUT2D eigenvalue weighted by molar-refractivity contribution is 4.79. The van der Waals surface area contributed by atoms with E-state index in [1.165, 1.54) is 0 Å². The van der Waals surface area contributed by atoms with Gasteiger partial charge in [0, 0.05) is 19.0 Å². The van der Waals surface area contributed by atoms with E-state index < -0.39 is 0 Å². The molecule has 1 saturated heterocycles. The summed E-state index contributed by atoms with van der Waals surface area (Å²) in [6.07, 6.45) is -0.264. The molecule has 47 valence electrons. The lowest BCUT2D eigenvalue weighted by Gasteiger charge is -2.07. The molecule has 0 saturated carbocycles. The molecule has 0 bridgehead atoms. The molecule has 0 aliphatic carbocycles. The molecule has 3 N–H and O–H groups in total. The average molecular weight is 115 g/mol. The second-order valence-corrected chi connectivity index (χ2v) is 2.15. The van der Waals surface area contributed by atoms with E-state index >= 15 is 0 Å². The highest BCUT2D eigenvalue weighted by atomic mass is 16.3.